The normalized spacial score (nSPS) is 15.4. The zero-order valence-corrected chi connectivity index (χ0v) is 13.9. The number of carbonyl (C=O) groups excluding carboxylic acids is 1. The Morgan fingerprint density at radius 1 is 1.30 bits per heavy atom. The standard InChI is InChI=1S/C15H16N2O4S2/c18-15(10-22-13-3-5-16-6-4-13)17-8-14(9-17)23(19,20)11-12-2-1-7-21-12/h1-7,14H,8-11H2. The number of nitrogens with zero attached hydrogens (tertiary/aromatic N) is 2. The van der Waals surface area contributed by atoms with Crippen LogP contribution in [-0.4, -0.2) is 48.3 Å². The highest BCUT2D eigenvalue weighted by molar-refractivity contribution is 8.00. The number of hydrogen-bond donors (Lipinski definition) is 0. The Balaban J connectivity index is 1.47. The highest BCUT2D eigenvalue weighted by Crippen LogP contribution is 2.23. The molecule has 0 bridgehead atoms. The highest BCUT2D eigenvalue weighted by atomic mass is 32.2. The van der Waals surface area contributed by atoms with E-state index in [0.717, 1.165) is 4.90 Å². The van der Waals surface area contributed by atoms with E-state index in [1.807, 2.05) is 12.1 Å². The van der Waals surface area contributed by atoms with E-state index in [1.165, 1.54) is 18.0 Å². The van der Waals surface area contributed by atoms with Gasteiger partial charge in [-0.3, -0.25) is 9.78 Å². The molecule has 6 nitrogen and oxygen atoms in total. The van der Waals surface area contributed by atoms with Crippen LogP contribution in [0, 0.1) is 0 Å². The summed E-state index contributed by atoms with van der Waals surface area (Å²) in [5.41, 5.74) is 0. The van der Waals surface area contributed by atoms with Gasteiger partial charge in [0.2, 0.25) is 5.91 Å². The summed E-state index contributed by atoms with van der Waals surface area (Å²) in [6.07, 6.45) is 4.80. The maximum atomic E-state index is 12.2. The first-order chi connectivity index (χ1) is 11.0. The van der Waals surface area contributed by atoms with E-state index < -0.39 is 15.1 Å². The third-order valence-corrected chi connectivity index (χ3v) is 6.64. The highest BCUT2D eigenvalue weighted by Gasteiger charge is 2.39. The summed E-state index contributed by atoms with van der Waals surface area (Å²) < 4.78 is 29.5. The van der Waals surface area contributed by atoms with E-state index in [-0.39, 0.29) is 24.7 Å². The molecule has 8 heteroatoms. The summed E-state index contributed by atoms with van der Waals surface area (Å²) in [5, 5.41) is -0.498. The number of aromatic nitrogens is 1. The van der Waals surface area contributed by atoms with Crippen molar-refractivity contribution >= 4 is 27.5 Å². The number of rotatable bonds is 6. The Bertz CT molecular complexity index is 754. The Hall–Kier alpha value is -1.80. The maximum absolute atomic E-state index is 12.2. The van der Waals surface area contributed by atoms with E-state index in [0.29, 0.717) is 11.5 Å². The number of amides is 1. The van der Waals surface area contributed by atoms with Gasteiger partial charge in [0.15, 0.2) is 9.84 Å². The van der Waals surface area contributed by atoms with Crippen LogP contribution in [0.3, 0.4) is 0 Å². The van der Waals surface area contributed by atoms with Crippen molar-refractivity contribution in [3.63, 3.8) is 0 Å². The lowest BCUT2D eigenvalue weighted by atomic mass is 10.2. The first-order valence-corrected chi connectivity index (χ1v) is 9.79. The van der Waals surface area contributed by atoms with Gasteiger partial charge in [0.05, 0.1) is 17.3 Å². The lowest BCUT2D eigenvalue weighted by molar-refractivity contribution is -0.131. The van der Waals surface area contributed by atoms with Gasteiger partial charge in [-0.2, -0.15) is 0 Å². The number of furan rings is 1. The van der Waals surface area contributed by atoms with Crippen molar-refractivity contribution in [2.24, 2.45) is 0 Å². The minimum Gasteiger partial charge on any atom is -0.468 e. The van der Waals surface area contributed by atoms with E-state index >= 15 is 0 Å². The molecule has 0 atom stereocenters. The number of hydrogen-bond acceptors (Lipinski definition) is 6. The van der Waals surface area contributed by atoms with E-state index in [1.54, 1.807) is 29.4 Å². The molecule has 2 aromatic heterocycles. The summed E-state index contributed by atoms with van der Waals surface area (Å²) in [6, 6.07) is 6.98. The van der Waals surface area contributed by atoms with Gasteiger partial charge in [0.1, 0.15) is 11.5 Å². The van der Waals surface area contributed by atoms with Crippen molar-refractivity contribution in [1.82, 2.24) is 9.88 Å². The van der Waals surface area contributed by atoms with Crippen LogP contribution < -0.4 is 0 Å². The lowest BCUT2D eigenvalue weighted by Crippen LogP contribution is -2.57. The quantitative estimate of drug-likeness (QED) is 0.735. The Kier molecular flexibility index (Phi) is 4.72. The molecule has 1 aliphatic rings. The van der Waals surface area contributed by atoms with Gasteiger partial charge in [0.25, 0.3) is 0 Å². The molecule has 23 heavy (non-hydrogen) atoms. The molecule has 3 rings (SSSR count). The SMILES string of the molecule is O=C(CSc1ccncc1)N1CC(S(=O)(=O)Cc2ccco2)C1. The largest absolute Gasteiger partial charge is 0.468 e. The molecule has 2 aromatic rings. The van der Waals surface area contributed by atoms with Gasteiger partial charge in [-0.25, -0.2) is 8.42 Å². The van der Waals surface area contributed by atoms with Crippen LogP contribution in [0.15, 0.2) is 52.2 Å². The summed E-state index contributed by atoms with van der Waals surface area (Å²) >= 11 is 1.42. The topological polar surface area (TPSA) is 80.5 Å². The predicted molar refractivity (Wildman–Crippen MR) is 86.7 cm³/mol. The third-order valence-electron chi connectivity index (χ3n) is 3.64. The van der Waals surface area contributed by atoms with Crippen LogP contribution in [0.2, 0.25) is 0 Å². The Morgan fingerprint density at radius 3 is 2.70 bits per heavy atom. The zero-order chi connectivity index (χ0) is 16.3. The van der Waals surface area contributed by atoms with Crippen molar-refractivity contribution in [1.29, 1.82) is 0 Å². The molecule has 1 saturated heterocycles. The predicted octanol–water partition coefficient (Wildman–Crippen LogP) is 1.59. The molecule has 0 aromatic carbocycles. The summed E-state index contributed by atoms with van der Waals surface area (Å²) in [5.74, 6) is 0.576. The molecular weight excluding hydrogens is 336 g/mol. The van der Waals surface area contributed by atoms with Crippen LogP contribution in [-0.2, 0) is 20.4 Å². The zero-order valence-electron chi connectivity index (χ0n) is 12.3. The monoisotopic (exact) mass is 352 g/mol. The van der Waals surface area contributed by atoms with Crippen LogP contribution in [0.4, 0.5) is 0 Å². The van der Waals surface area contributed by atoms with Gasteiger partial charge in [0, 0.05) is 30.4 Å². The molecule has 0 unspecified atom stereocenters. The lowest BCUT2D eigenvalue weighted by Gasteiger charge is -2.38. The number of sulfone groups is 1. The molecule has 1 fully saturated rings. The second-order valence-corrected chi connectivity index (χ2v) is 8.61. The average molecular weight is 352 g/mol. The summed E-state index contributed by atoms with van der Waals surface area (Å²) in [7, 11) is -3.28. The molecule has 0 spiro atoms. The van der Waals surface area contributed by atoms with Crippen molar-refractivity contribution in [2.45, 2.75) is 15.9 Å². The second-order valence-electron chi connectivity index (χ2n) is 5.28. The molecule has 0 aliphatic carbocycles. The smallest absolute Gasteiger partial charge is 0.233 e. The summed E-state index contributed by atoms with van der Waals surface area (Å²) in [6.45, 7) is 0.525. The van der Waals surface area contributed by atoms with Crippen molar-refractivity contribution in [2.75, 3.05) is 18.8 Å². The molecule has 122 valence electrons. The third kappa shape index (κ3) is 3.94. The fraction of sp³-hybridized carbons (Fsp3) is 0.333. The van der Waals surface area contributed by atoms with Crippen LogP contribution in [0.5, 0.6) is 0 Å². The molecule has 1 aliphatic heterocycles. The van der Waals surface area contributed by atoms with Gasteiger partial charge >= 0.3 is 0 Å². The molecular formula is C15H16N2O4S2. The van der Waals surface area contributed by atoms with E-state index in [4.69, 9.17) is 4.42 Å². The minimum atomic E-state index is -3.28. The van der Waals surface area contributed by atoms with Gasteiger partial charge in [-0.1, -0.05) is 0 Å². The van der Waals surface area contributed by atoms with Crippen LogP contribution >= 0.6 is 11.8 Å². The molecule has 0 radical (unpaired) electrons. The minimum absolute atomic E-state index is 0.0451. The summed E-state index contributed by atoms with van der Waals surface area (Å²) in [4.78, 5) is 18.5. The molecule has 0 saturated carbocycles. The molecule has 1 amide bonds. The fourth-order valence-electron chi connectivity index (χ4n) is 2.25. The molecule has 3 heterocycles. The van der Waals surface area contributed by atoms with Gasteiger partial charge in [-0.15, -0.1) is 11.8 Å². The number of pyridine rings is 1. The average Bonchev–Trinajstić information content (AvgIpc) is 2.96. The van der Waals surface area contributed by atoms with Crippen molar-refractivity contribution in [3.8, 4) is 0 Å². The van der Waals surface area contributed by atoms with Crippen molar-refractivity contribution in [3.05, 3.63) is 48.7 Å². The first-order valence-electron chi connectivity index (χ1n) is 7.09. The van der Waals surface area contributed by atoms with Crippen molar-refractivity contribution < 1.29 is 17.6 Å². The van der Waals surface area contributed by atoms with E-state index in [2.05, 4.69) is 4.98 Å². The van der Waals surface area contributed by atoms with Gasteiger partial charge in [-0.05, 0) is 24.3 Å². The second kappa shape index (κ2) is 6.76. The van der Waals surface area contributed by atoms with Gasteiger partial charge < -0.3 is 9.32 Å². The number of carbonyl (C=O) groups is 1. The number of thioether (sulfide) groups is 1. The Morgan fingerprint density at radius 2 is 2.04 bits per heavy atom. The fourth-order valence-corrected chi connectivity index (χ4v) is 4.65. The molecule has 0 N–H and O–H groups in total. The Labute approximate surface area is 138 Å². The van der Waals surface area contributed by atoms with Crippen LogP contribution in [0.1, 0.15) is 5.76 Å². The van der Waals surface area contributed by atoms with Crippen LogP contribution in [0.25, 0.3) is 0 Å². The number of likely N-dealkylation sites (tertiary alicyclic amines) is 1. The first kappa shape index (κ1) is 16.1. The van der Waals surface area contributed by atoms with E-state index in [9.17, 15) is 13.2 Å². The maximum Gasteiger partial charge on any atom is 0.233 e.